The van der Waals surface area contributed by atoms with E-state index in [1.54, 1.807) is 0 Å². The van der Waals surface area contributed by atoms with Crippen LogP contribution in [-0.4, -0.2) is 38.1 Å². The normalized spacial score (nSPS) is 20.8. The van der Waals surface area contributed by atoms with Crippen molar-refractivity contribution in [2.45, 2.75) is 32.6 Å². The largest absolute Gasteiger partial charge is 0.320 e. The monoisotopic (exact) mass is 184 g/mol. The fraction of sp³-hybridized carbons (Fsp3) is 1.00. The average Bonchev–Trinajstić information content (AvgIpc) is 2.64. The van der Waals surface area contributed by atoms with Crippen molar-refractivity contribution in [3.63, 3.8) is 0 Å². The lowest BCUT2D eigenvalue weighted by Crippen LogP contribution is -2.22. The van der Waals surface area contributed by atoms with Gasteiger partial charge >= 0.3 is 0 Å². The standard InChI is InChI=1S/C11H24N2/c1-11(5-7-12-2)6-10-13-8-3-4-9-13/h11-12H,3-10H2,1-2H3. The van der Waals surface area contributed by atoms with Crippen molar-refractivity contribution in [1.29, 1.82) is 0 Å². The van der Waals surface area contributed by atoms with Crippen LogP contribution in [0.15, 0.2) is 0 Å². The number of hydrogen-bond donors (Lipinski definition) is 1. The number of likely N-dealkylation sites (tertiary alicyclic amines) is 1. The molecule has 1 aliphatic heterocycles. The van der Waals surface area contributed by atoms with Crippen molar-refractivity contribution in [1.82, 2.24) is 10.2 Å². The predicted molar refractivity (Wildman–Crippen MR) is 58.0 cm³/mol. The highest BCUT2D eigenvalue weighted by atomic mass is 15.1. The van der Waals surface area contributed by atoms with Crippen LogP contribution in [0, 0.1) is 5.92 Å². The topological polar surface area (TPSA) is 15.3 Å². The van der Waals surface area contributed by atoms with Gasteiger partial charge in [0, 0.05) is 0 Å². The number of hydrogen-bond acceptors (Lipinski definition) is 2. The van der Waals surface area contributed by atoms with Gasteiger partial charge in [0.1, 0.15) is 0 Å². The zero-order valence-corrected chi connectivity index (χ0v) is 9.18. The van der Waals surface area contributed by atoms with Crippen LogP contribution in [0.2, 0.25) is 0 Å². The van der Waals surface area contributed by atoms with Crippen molar-refractivity contribution in [3.05, 3.63) is 0 Å². The van der Waals surface area contributed by atoms with Gasteiger partial charge in [-0.25, -0.2) is 0 Å². The van der Waals surface area contributed by atoms with Crippen LogP contribution in [0.3, 0.4) is 0 Å². The Morgan fingerprint density at radius 3 is 2.54 bits per heavy atom. The van der Waals surface area contributed by atoms with Crippen molar-refractivity contribution in [2.75, 3.05) is 33.2 Å². The molecular formula is C11H24N2. The van der Waals surface area contributed by atoms with Crippen molar-refractivity contribution in [2.24, 2.45) is 5.92 Å². The van der Waals surface area contributed by atoms with E-state index in [-0.39, 0.29) is 0 Å². The molecule has 2 heteroatoms. The molecule has 1 unspecified atom stereocenters. The molecule has 0 radical (unpaired) electrons. The van der Waals surface area contributed by atoms with Gasteiger partial charge in [0.2, 0.25) is 0 Å². The van der Waals surface area contributed by atoms with E-state index in [0.717, 1.165) is 5.92 Å². The highest BCUT2D eigenvalue weighted by Crippen LogP contribution is 2.12. The number of rotatable bonds is 6. The minimum absolute atomic E-state index is 0.882. The van der Waals surface area contributed by atoms with Gasteiger partial charge in [-0.05, 0) is 64.8 Å². The van der Waals surface area contributed by atoms with Crippen molar-refractivity contribution in [3.8, 4) is 0 Å². The van der Waals surface area contributed by atoms with Gasteiger partial charge in [0.25, 0.3) is 0 Å². The Hall–Kier alpha value is -0.0800. The van der Waals surface area contributed by atoms with Crippen LogP contribution < -0.4 is 5.32 Å². The van der Waals surface area contributed by atoms with Gasteiger partial charge in [0.15, 0.2) is 0 Å². The van der Waals surface area contributed by atoms with E-state index < -0.39 is 0 Å². The molecule has 0 bridgehead atoms. The molecule has 0 aromatic heterocycles. The van der Waals surface area contributed by atoms with Gasteiger partial charge in [-0.1, -0.05) is 6.92 Å². The summed E-state index contributed by atoms with van der Waals surface area (Å²) in [4.78, 5) is 2.61. The van der Waals surface area contributed by atoms with Gasteiger partial charge in [0.05, 0.1) is 0 Å². The SMILES string of the molecule is CNCCC(C)CCN1CCCC1. The zero-order valence-electron chi connectivity index (χ0n) is 9.18. The summed E-state index contributed by atoms with van der Waals surface area (Å²) in [6.45, 7) is 7.55. The molecule has 78 valence electrons. The Bertz CT molecular complexity index is 119. The van der Waals surface area contributed by atoms with E-state index >= 15 is 0 Å². The first-order valence-electron chi connectivity index (χ1n) is 5.70. The van der Waals surface area contributed by atoms with Crippen molar-refractivity contribution >= 4 is 0 Å². The van der Waals surface area contributed by atoms with Gasteiger partial charge in [-0.3, -0.25) is 0 Å². The van der Waals surface area contributed by atoms with E-state index in [1.165, 1.54) is 51.9 Å². The third-order valence-corrected chi connectivity index (χ3v) is 3.02. The summed E-state index contributed by atoms with van der Waals surface area (Å²) >= 11 is 0. The van der Waals surface area contributed by atoms with E-state index in [2.05, 4.69) is 17.1 Å². The number of nitrogens with one attached hydrogen (secondary N) is 1. The van der Waals surface area contributed by atoms with Gasteiger partial charge < -0.3 is 10.2 Å². The smallest absolute Gasteiger partial charge is 0.00162 e. The first kappa shape index (κ1) is 11.0. The lowest BCUT2D eigenvalue weighted by Gasteiger charge is -2.17. The van der Waals surface area contributed by atoms with Gasteiger partial charge in [-0.15, -0.1) is 0 Å². The van der Waals surface area contributed by atoms with E-state index in [0.29, 0.717) is 0 Å². The molecule has 1 heterocycles. The zero-order chi connectivity index (χ0) is 9.52. The van der Waals surface area contributed by atoms with E-state index in [4.69, 9.17) is 0 Å². The molecule has 0 aliphatic carbocycles. The molecule has 0 aromatic rings. The summed E-state index contributed by atoms with van der Waals surface area (Å²) in [5.41, 5.74) is 0. The lowest BCUT2D eigenvalue weighted by atomic mass is 10.0. The molecule has 0 spiro atoms. The molecule has 1 fully saturated rings. The maximum atomic E-state index is 3.21. The fourth-order valence-corrected chi connectivity index (χ4v) is 1.94. The Labute approximate surface area is 82.7 Å². The second kappa shape index (κ2) is 6.39. The Morgan fingerprint density at radius 1 is 1.23 bits per heavy atom. The Balaban J connectivity index is 1.97. The molecule has 1 aliphatic rings. The highest BCUT2D eigenvalue weighted by molar-refractivity contribution is 4.67. The molecule has 0 aromatic carbocycles. The second-order valence-electron chi connectivity index (χ2n) is 4.33. The Morgan fingerprint density at radius 2 is 1.92 bits per heavy atom. The molecule has 0 saturated carbocycles. The van der Waals surface area contributed by atoms with Crippen LogP contribution in [-0.2, 0) is 0 Å². The summed E-state index contributed by atoms with van der Waals surface area (Å²) in [5.74, 6) is 0.882. The summed E-state index contributed by atoms with van der Waals surface area (Å²) in [7, 11) is 2.03. The number of nitrogens with zero attached hydrogens (tertiary/aromatic N) is 1. The maximum Gasteiger partial charge on any atom is -0.00162 e. The minimum Gasteiger partial charge on any atom is -0.320 e. The first-order valence-corrected chi connectivity index (χ1v) is 5.70. The first-order chi connectivity index (χ1) is 6.33. The predicted octanol–water partition coefficient (Wildman–Crippen LogP) is 1.72. The molecule has 1 N–H and O–H groups in total. The van der Waals surface area contributed by atoms with Crippen LogP contribution >= 0.6 is 0 Å². The molecule has 1 saturated heterocycles. The molecule has 2 nitrogen and oxygen atoms in total. The van der Waals surface area contributed by atoms with Gasteiger partial charge in [-0.2, -0.15) is 0 Å². The third-order valence-electron chi connectivity index (χ3n) is 3.02. The summed E-state index contributed by atoms with van der Waals surface area (Å²) < 4.78 is 0. The average molecular weight is 184 g/mol. The van der Waals surface area contributed by atoms with Crippen LogP contribution in [0.25, 0.3) is 0 Å². The highest BCUT2D eigenvalue weighted by Gasteiger charge is 2.11. The Kier molecular flexibility index (Phi) is 5.40. The molecule has 13 heavy (non-hydrogen) atoms. The summed E-state index contributed by atoms with van der Waals surface area (Å²) in [6.07, 6.45) is 5.54. The fourth-order valence-electron chi connectivity index (χ4n) is 1.94. The molecule has 0 amide bonds. The minimum atomic E-state index is 0.882. The van der Waals surface area contributed by atoms with Crippen molar-refractivity contribution < 1.29 is 0 Å². The van der Waals surface area contributed by atoms with Crippen LogP contribution in [0.1, 0.15) is 32.6 Å². The lowest BCUT2D eigenvalue weighted by molar-refractivity contribution is 0.303. The van der Waals surface area contributed by atoms with E-state index in [1.807, 2.05) is 7.05 Å². The summed E-state index contributed by atoms with van der Waals surface area (Å²) in [5, 5.41) is 3.21. The third kappa shape index (κ3) is 4.63. The second-order valence-corrected chi connectivity index (χ2v) is 4.33. The quantitative estimate of drug-likeness (QED) is 0.676. The van der Waals surface area contributed by atoms with E-state index in [9.17, 15) is 0 Å². The maximum absolute atomic E-state index is 3.21. The summed E-state index contributed by atoms with van der Waals surface area (Å²) in [6, 6.07) is 0. The van der Waals surface area contributed by atoms with Crippen LogP contribution in [0.4, 0.5) is 0 Å². The van der Waals surface area contributed by atoms with Crippen LogP contribution in [0.5, 0.6) is 0 Å². The molecule has 1 rings (SSSR count). The molecular weight excluding hydrogens is 160 g/mol. The molecule has 1 atom stereocenters.